The van der Waals surface area contributed by atoms with Gasteiger partial charge in [0.25, 0.3) is 5.69 Å². The summed E-state index contributed by atoms with van der Waals surface area (Å²) in [5, 5.41) is 11.0. The number of nitro benzene ring substituents is 1. The standard InChI is InChI=1S/C22H13ClFNO5/c23-16-6-12-21(30-22(27)15-4-9-18(10-5-15)25(28)29)19(13-16)20(26)11-3-14-1-7-17(24)8-2-14/h1-13H. The Kier molecular flexibility index (Phi) is 6.34. The highest BCUT2D eigenvalue weighted by atomic mass is 35.5. The minimum atomic E-state index is -0.788. The highest BCUT2D eigenvalue weighted by Crippen LogP contribution is 2.25. The Balaban J connectivity index is 1.82. The van der Waals surface area contributed by atoms with Gasteiger partial charge < -0.3 is 4.74 Å². The van der Waals surface area contributed by atoms with Crippen LogP contribution >= 0.6 is 11.6 Å². The average molecular weight is 426 g/mol. The van der Waals surface area contributed by atoms with E-state index in [2.05, 4.69) is 0 Å². The first-order chi connectivity index (χ1) is 14.3. The molecule has 0 amide bonds. The second-order valence-corrected chi connectivity index (χ2v) is 6.52. The summed E-state index contributed by atoms with van der Waals surface area (Å²) in [6.45, 7) is 0. The summed E-state index contributed by atoms with van der Waals surface area (Å²) in [6, 6.07) is 14.6. The number of benzene rings is 3. The Morgan fingerprint density at radius 3 is 2.30 bits per heavy atom. The Hall–Kier alpha value is -3.84. The molecule has 3 rings (SSSR count). The Bertz CT molecular complexity index is 1140. The van der Waals surface area contributed by atoms with Crippen molar-refractivity contribution in [1.82, 2.24) is 0 Å². The number of nitrogens with zero attached hydrogens (tertiary/aromatic N) is 1. The van der Waals surface area contributed by atoms with Gasteiger partial charge in [-0.15, -0.1) is 0 Å². The zero-order valence-electron chi connectivity index (χ0n) is 15.2. The van der Waals surface area contributed by atoms with Crippen molar-refractivity contribution >= 4 is 35.1 Å². The van der Waals surface area contributed by atoms with Crippen molar-refractivity contribution in [3.8, 4) is 5.75 Å². The van der Waals surface area contributed by atoms with E-state index in [1.54, 1.807) is 0 Å². The van der Waals surface area contributed by atoms with Crippen LogP contribution in [-0.4, -0.2) is 16.7 Å². The number of non-ortho nitro benzene ring substituents is 1. The maximum atomic E-state index is 13.0. The maximum Gasteiger partial charge on any atom is 0.343 e. The fraction of sp³-hybridized carbons (Fsp3) is 0. The van der Waals surface area contributed by atoms with Crippen LogP contribution < -0.4 is 4.74 Å². The average Bonchev–Trinajstić information content (AvgIpc) is 2.74. The smallest absolute Gasteiger partial charge is 0.343 e. The molecule has 30 heavy (non-hydrogen) atoms. The molecule has 0 aliphatic rings. The summed E-state index contributed by atoms with van der Waals surface area (Å²) < 4.78 is 18.3. The summed E-state index contributed by atoms with van der Waals surface area (Å²) in [4.78, 5) is 35.1. The molecule has 0 spiro atoms. The van der Waals surface area contributed by atoms with Gasteiger partial charge in [-0.05, 0) is 54.1 Å². The number of ether oxygens (including phenoxy) is 1. The van der Waals surface area contributed by atoms with Gasteiger partial charge in [0.05, 0.1) is 16.1 Å². The van der Waals surface area contributed by atoms with Crippen molar-refractivity contribution in [2.75, 3.05) is 0 Å². The number of esters is 1. The van der Waals surface area contributed by atoms with Crippen LogP contribution in [0.5, 0.6) is 5.75 Å². The lowest BCUT2D eigenvalue weighted by Gasteiger charge is -2.09. The van der Waals surface area contributed by atoms with Crippen LogP contribution in [0.15, 0.2) is 72.8 Å². The Morgan fingerprint density at radius 2 is 1.67 bits per heavy atom. The molecule has 0 unspecified atom stereocenters. The number of halogens is 2. The summed E-state index contributed by atoms with van der Waals surface area (Å²) in [5.41, 5.74) is 0.572. The molecule has 150 valence electrons. The largest absolute Gasteiger partial charge is 0.422 e. The summed E-state index contributed by atoms with van der Waals surface area (Å²) in [5.74, 6) is -1.68. The fourth-order valence-electron chi connectivity index (χ4n) is 2.50. The quantitative estimate of drug-likeness (QED) is 0.130. The first-order valence-corrected chi connectivity index (χ1v) is 8.95. The van der Waals surface area contributed by atoms with Crippen LogP contribution in [-0.2, 0) is 0 Å². The van der Waals surface area contributed by atoms with Crippen LogP contribution in [0.25, 0.3) is 6.08 Å². The molecule has 0 radical (unpaired) electrons. The number of ketones is 1. The number of nitro groups is 1. The van der Waals surface area contributed by atoms with Gasteiger partial charge in [-0.3, -0.25) is 14.9 Å². The maximum absolute atomic E-state index is 13.0. The van der Waals surface area contributed by atoms with Crippen LogP contribution in [0, 0.1) is 15.9 Å². The van der Waals surface area contributed by atoms with Crippen LogP contribution in [0.2, 0.25) is 5.02 Å². The van der Waals surface area contributed by atoms with Gasteiger partial charge in [0.1, 0.15) is 11.6 Å². The van der Waals surface area contributed by atoms with E-state index in [0.717, 1.165) is 0 Å². The van der Waals surface area contributed by atoms with Gasteiger partial charge in [-0.25, -0.2) is 9.18 Å². The summed E-state index contributed by atoms with van der Waals surface area (Å²) in [6.07, 6.45) is 2.74. The number of rotatable bonds is 6. The van der Waals surface area contributed by atoms with E-state index < -0.39 is 22.5 Å². The number of allylic oxidation sites excluding steroid dienone is 1. The van der Waals surface area contributed by atoms with Crippen molar-refractivity contribution < 1.29 is 23.6 Å². The predicted octanol–water partition coefficient (Wildman–Crippen LogP) is 5.50. The van der Waals surface area contributed by atoms with E-state index >= 15 is 0 Å². The molecule has 3 aromatic carbocycles. The Morgan fingerprint density at radius 1 is 1.00 bits per heavy atom. The molecule has 0 aliphatic carbocycles. The summed E-state index contributed by atoms with van der Waals surface area (Å²) >= 11 is 5.97. The van der Waals surface area contributed by atoms with E-state index in [1.807, 2.05) is 0 Å². The van der Waals surface area contributed by atoms with Gasteiger partial charge >= 0.3 is 5.97 Å². The third kappa shape index (κ3) is 5.15. The molecule has 0 saturated heterocycles. The van der Waals surface area contributed by atoms with Crippen molar-refractivity contribution in [3.63, 3.8) is 0 Å². The molecule has 0 N–H and O–H groups in total. The SMILES string of the molecule is O=C(Oc1ccc(Cl)cc1C(=O)C=Cc1ccc(F)cc1)c1ccc([N+](=O)[O-])cc1. The monoisotopic (exact) mass is 425 g/mol. The van der Waals surface area contributed by atoms with Crippen LogP contribution in [0.3, 0.4) is 0 Å². The van der Waals surface area contributed by atoms with Gasteiger partial charge in [-0.1, -0.05) is 29.8 Å². The van der Waals surface area contributed by atoms with Gasteiger partial charge in [0.15, 0.2) is 5.78 Å². The molecule has 0 saturated carbocycles. The van der Waals surface area contributed by atoms with E-state index in [1.165, 1.54) is 78.9 Å². The normalized spacial score (nSPS) is 10.7. The van der Waals surface area contributed by atoms with Crippen LogP contribution in [0.1, 0.15) is 26.3 Å². The fourth-order valence-corrected chi connectivity index (χ4v) is 2.67. The van der Waals surface area contributed by atoms with Crippen molar-refractivity contribution in [3.05, 3.63) is 110 Å². The molecule has 0 aromatic heterocycles. The minimum absolute atomic E-state index is 0.0171. The first-order valence-electron chi connectivity index (χ1n) is 8.57. The van der Waals surface area contributed by atoms with Gasteiger partial charge in [0.2, 0.25) is 0 Å². The molecule has 6 nitrogen and oxygen atoms in total. The molecule has 8 heteroatoms. The van der Waals surface area contributed by atoms with Gasteiger partial charge in [0, 0.05) is 17.2 Å². The topological polar surface area (TPSA) is 86.5 Å². The van der Waals surface area contributed by atoms with Gasteiger partial charge in [-0.2, -0.15) is 0 Å². The number of hydrogen-bond donors (Lipinski definition) is 0. The minimum Gasteiger partial charge on any atom is -0.422 e. The third-order valence-corrected chi connectivity index (χ3v) is 4.26. The zero-order chi connectivity index (χ0) is 21.7. The highest BCUT2D eigenvalue weighted by Gasteiger charge is 2.17. The molecular formula is C22H13ClFNO5. The molecule has 0 aliphatic heterocycles. The van der Waals surface area contributed by atoms with E-state index in [0.29, 0.717) is 5.56 Å². The number of carbonyl (C=O) groups excluding carboxylic acids is 2. The summed E-state index contributed by atoms with van der Waals surface area (Å²) in [7, 11) is 0. The van der Waals surface area contributed by atoms with E-state index in [-0.39, 0.29) is 27.6 Å². The van der Waals surface area contributed by atoms with Crippen molar-refractivity contribution in [2.24, 2.45) is 0 Å². The molecule has 3 aromatic rings. The third-order valence-electron chi connectivity index (χ3n) is 4.02. The van der Waals surface area contributed by atoms with Crippen molar-refractivity contribution in [2.45, 2.75) is 0 Å². The lowest BCUT2D eigenvalue weighted by Crippen LogP contribution is -2.11. The van der Waals surface area contributed by atoms with Crippen molar-refractivity contribution in [1.29, 1.82) is 0 Å². The van der Waals surface area contributed by atoms with E-state index in [9.17, 15) is 24.1 Å². The first kappa shape index (κ1) is 20.9. The molecule has 0 heterocycles. The zero-order valence-corrected chi connectivity index (χ0v) is 16.0. The Labute approximate surface area is 175 Å². The molecule has 0 fully saturated rings. The molecule has 0 atom stereocenters. The number of carbonyl (C=O) groups is 2. The number of hydrogen-bond acceptors (Lipinski definition) is 5. The molecule has 0 bridgehead atoms. The second kappa shape index (κ2) is 9.11. The lowest BCUT2D eigenvalue weighted by atomic mass is 10.1. The second-order valence-electron chi connectivity index (χ2n) is 6.08. The molecular weight excluding hydrogens is 413 g/mol. The lowest BCUT2D eigenvalue weighted by molar-refractivity contribution is -0.384. The highest BCUT2D eigenvalue weighted by molar-refractivity contribution is 6.31. The predicted molar refractivity (Wildman–Crippen MR) is 109 cm³/mol. The van der Waals surface area contributed by atoms with Crippen LogP contribution in [0.4, 0.5) is 10.1 Å². The van der Waals surface area contributed by atoms with E-state index in [4.69, 9.17) is 16.3 Å².